The number of rotatable bonds is 10. The third kappa shape index (κ3) is 7.54. The van der Waals surface area contributed by atoms with E-state index in [1.807, 2.05) is 19.1 Å². The van der Waals surface area contributed by atoms with E-state index in [0.717, 1.165) is 36.8 Å². The summed E-state index contributed by atoms with van der Waals surface area (Å²) in [6.07, 6.45) is 4.81. The summed E-state index contributed by atoms with van der Waals surface area (Å²) in [5.41, 5.74) is 1.74. The molecule has 8 heteroatoms. The van der Waals surface area contributed by atoms with Gasteiger partial charge in [0.2, 0.25) is 11.8 Å². The van der Waals surface area contributed by atoms with E-state index in [9.17, 15) is 9.59 Å². The van der Waals surface area contributed by atoms with Crippen LogP contribution < -0.4 is 5.32 Å². The van der Waals surface area contributed by atoms with E-state index >= 15 is 0 Å². The molecule has 0 bridgehead atoms. The summed E-state index contributed by atoms with van der Waals surface area (Å²) in [5, 5.41) is 4.97. The summed E-state index contributed by atoms with van der Waals surface area (Å²) in [4.78, 5) is 28.2. The highest BCUT2D eigenvalue weighted by molar-refractivity contribution is 7.99. The fourth-order valence-electron chi connectivity index (χ4n) is 4.07. The third-order valence-corrected chi connectivity index (χ3v) is 7.79. The van der Waals surface area contributed by atoms with Gasteiger partial charge < -0.3 is 10.2 Å². The standard InChI is InChI=1S/C25H29Cl3N2O2S/c1-2-23(25(32)29-19-6-3-4-7-19)30(14-17-10-12-18(26)13-11-17)24(31)16-33-15-20-21(27)8-5-9-22(20)28/h5,8-13,19,23H,2-4,6-7,14-16H2,1H3,(H,29,32)/t23-/m0/s1. The molecule has 33 heavy (non-hydrogen) atoms. The molecule has 0 saturated heterocycles. The zero-order valence-electron chi connectivity index (χ0n) is 18.7. The van der Waals surface area contributed by atoms with Gasteiger partial charge in [-0.2, -0.15) is 0 Å². The van der Waals surface area contributed by atoms with Crippen LogP contribution in [0.15, 0.2) is 42.5 Å². The molecule has 178 valence electrons. The molecule has 1 aliphatic rings. The molecule has 0 heterocycles. The molecule has 2 aromatic carbocycles. The first-order valence-electron chi connectivity index (χ1n) is 11.2. The van der Waals surface area contributed by atoms with Gasteiger partial charge in [-0.3, -0.25) is 9.59 Å². The van der Waals surface area contributed by atoms with Crippen LogP contribution in [0.3, 0.4) is 0 Å². The second kappa shape index (κ2) is 12.9. The van der Waals surface area contributed by atoms with Gasteiger partial charge in [0.25, 0.3) is 0 Å². The Morgan fingerprint density at radius 3 is 2.30 bits per heavy atom. The molecular formula is C25H29Cl3N2O2S. The fraction of sp³-hybridized carbons (Fsp3) is 0.440. The fourth-order valence-corrected chi connectivity index (χ4v) is 5.84. The highest BCUT2D eigenvalue weighted by Crippen LogP contribution is 2.28. The lowest BCUT2D eigenvalue weighted by Gasteiger charge is -2.31. The first-order valence-corrected chi connectivity index (χ1v) is 13.5. The lowest BCUT2D eigenvalue weighted by atomic mass is 10.1. The number of benzene rings is 2. The quantitative estimate of drug-likeness (QED) is 0.372. The van der Waals surface area contributed by atoms with Crippen molar-refractivity contribution in [2.75, 3.05) is 5.75 Å². The van der Waals surface area contributed by atoms with Crippen LogP contribution in [0.2, 0.25) is 15.1 Å². The first-order chi connectivity index (χ1) is 15.9. The summed E-state index contributed by atoms with van der Waals surface area (Å²) in [6, 6.07) is 12.4. The van der Waals surface area contributed by atoms with Crippen LogP contribution in [-0.4, -0.2) is 34.6 Å². The Hall–Kier alpha value is -1.40. The minimum atomic E-state index is -0.529. The Morgan fingerprint density at radius 2 is 1.70 bits per heavy atom. The maximum atomic E-state index is 13.3. The van der Waals surface area contributed by atoms with Gasteiger partial charge in [-0.05, 0) is 54.7 Å². The number of nitrogens with one attached hydrogen (secondary N) is 1. The second-order valence-electron chi connectivity index (χ2n) is 8.26. The lowest BCUT2D eigenvalue weighted by molar-refractivity contribution is -0.139. The Balaban J connectivity index is 1.72. The molecule has 3 rings (SSSR count). The van der Waals surface area contributed by atoms with Crippen LogP contribution in [-0.2, 0) is 21.9 Å². The van der Waals surface area contributed by atoms with Gasteiger partial charge in [-0.1, -0.05) is 72.8 Å². The molecule has 2 amide bonds. The molecule has 0 aliphatic heterocycles. The van der Waals surface area contributed by atoms with E-state index in [1.54, 1.807) is 35.2 Å². The van der Waals surface area contributed by atoms with Crippen molar-refractivity contribution in [1.29, 1.82) is 0 Å². The van der Waals surface area contributed by atoms with Gasteiger partial charge in [0.05, 0.1) is 5.75 Å². The predicted octanol–water partition coefficient (Wildman–Crippen LogP) is 6.75. The molecule has 1 fully saturated rings. The minimum Gasteiger partial charge on any atom is -0.352 e. The lowest BCUT2D eigenvalue weighted by Crippen LogP contribution is -2.51. The Labute approximate surface area is 215 Å². The molecule has 4 nitrogen and oxygen atoms in total. The van der Waals surface area contributed by atoms with Crippen molar-refractivity contribution in [2.45, 2.75) is 63.4 Å². The molecule has 0 unspecified atom stereocenters. The van der Waals surface area contributed by atoms with Crippen LogP contribution in [0.25, 0.3) is 0 Å². The monoisotopic (exact) mass is 526 g/mol. The number of amides is 2. The molecular weight excluding hydrogens is 499 g/mol. The van der Waals surface area contributed by atoms with Crippen molar-refractivity contribution < 1.29 is 9.59 Å². The zero-order valence-corrected chi connectivity index (χ0v) is 21.7. The van der Waals surface area contributed by atoms with Crippen LogP contribution in [0, 0.1) is 0 Å². The van der Waals surface area contributed by atoms with E-state index in [2.05, 4.69) is 5.32 Å². The Morgan fingerprint density at radius 1 is 1.06 bits per heavy atom. The van der Waals surface area contributed by atoms with E-state index < -0.39 is 6.04 Å². The van der Waals surface area contributed by atoms with E-state index in [0.29, 0.717) is 33.8 Å². The van der Waals surface area contributed by atoms with Crippen LogP contribution in [0.1, 0.15) is 50.2 Å². The molecule has 1 aliphatic carbocycles. The number of hydrogen-bond acceptors (Lipinski definition) is 3. The number of halogens is 3. The smallest absolute Gasteiger partial charge is 0.243 e. The van der Waals surface area contributed by atoms with Gasteiger partial charge in [-0.25, -0.2) is 0 Å². The normalized spacial score (nSPS) is 14.8. The summed E-state index contributed by atoms with van der Waals surface area (Å²) < 4.78 is 0. The van der Waals surface area contributed by atoms with Gasteiger partial charge >= 0.3 is 0 Å². The van der Waals surface area contributed by atoms with Crippen molar-refractivity contribution in [3.05, 3.63) is 68.7 Å². The topological polar surface area (TPSA) is 49.4 Å². The van der Waals surface area contributed by atoms with Crippen LogP contribution in [0.5, 0.6) is 0 Å². The molecule has 1 saturated carbocycles. The summed E-state index contributed by atoms with van der Waals surface area (Å²) in [7, 11) is 0. The highest BCUT2D eigenvalue weighted by Gasteiger charge is 2.30. The first kappa shape index (κ1) is 26.2. The Bertz CT molecular complexity index is 929. The summed E-state index contributed by atoms with van der Waals surface area (Å²) >= 11 is 20.0. The maximum Gasteiger partial charge on any atom is 0.243 e. The maximum absolute atomic E-state index is 13.3. The van der Waals surface area contributed by atoms with Crippen molar-refractivity contribution in [2.24, 2.45) is 0 Å². The number of hydrogen-bond donors (Lipinski definition) is 1. The summed E-state index contributed by atoms with van der Waals surface area (Å²) in [5.74, 6) is 0.573. The van der Waals surface area contributed by atoms with Gasteiger partial charge in [0.1, 0.15) is 6.04 Å². The van der Waals surface area contributed by atoms with Crippen LogP contribution >= 0.6 is 46.6 Å². The van der Waals surface area contributed by atoms with Crippen molar-refractivity contribution in [1.82, 2.24) is 10.2 Å². The average molecular weight is 528 g/mol. The highest BCUT2D eigenvalue weighted by atomic mass is 35.5. The molecule has 0 radical (unpaired) electrons. The molecule has 0 spiro atoms. The summed E-state index contributed by atoms with van der Waals surface area (Å²) in [6.45, 7) is 2.29. The minimum absolute atomic E-state index is 0.0779. The number of thioether (sulfide) groups is 1. The molecule has 2 aromatic rings. The van der Waals surface area contributed by atoms with Gasteiger partial charge in [0, 0.05) is 33.4 Å². The number of carbonyl (C=O) groups excluding carboxylic acids is 2. The van der Waals surface area contributed by atoms with Crippen molar-refractivity contribution in [3.8, 4) is 0 Å². The van der Waals surface area contributed by atoms with E-state index in [-0.39, 0.29) is 23.6 Å². The number of nitrogens with zero attached hydrogens (tertiary/aromatic N) is 1. The third-order valence-electron chi connectivity index (χ3n) is 5.89. The molecule has 0 aromatic heterocycles. The largest absolute Gasteiger partial charge is 0.352 e. The predicted molar refractivity (Wildman–Crippen MR) is 139 cm³/mol. The number of carbonyl (C=O) groups is 2. The molecule has 1 atom stereocenters. The van der Waals surface area contributed by atoms with Crippen molar-refractivity contribution >= 4 is 58.4 Å². The van der Waals surface area contributed by atoms with E-state index in [1.165, 1.54) is 11.8 Å². The zero-order chi connectivity index (χ0) is 23.8. The van der Waals surface area contributed by atoms with E-state index in [4.69, 9.17) is 34.8 Å². The van der Waals surface area contributed by atoms with Crippen molar-refractivity contribution in [3.63, 3.8) is 0 Å². The van der Waals surface area contributed by atoms with Gasteiger partial charge in [-0.15, -0.1) is 11.8 Å². The average Bonchev–Trinajstić information content (AvgIpc) is 3.30. The van der Waals surface area contributed by atoms with Crippen LogP contribution in [0.4, 0.5) is 0 Å². The molecule has 1 N–H and O–H groups in total. The van der Waals surface area contributed by atoms with Gasteiger partial charge in [0.15, 0.2) is 0 Å². The second-order valence-corrected chi connectivity index (χ2v) is 10.5. The SMILES string of the molecule is CC[C@@H](C(=O)NC1CCCC1)N(Cc1ccc(Cl)cc1)C(=O)CSCc1c(Cl)cccc1Cl. The Kier molecular flexibility index (Phi) is 10.2.